The summed E-state index contributed by atoms with van der Waals surface area (Å²) in [6.45, 7) is 0.348. The summed E-state index contributed by atoms with van der Waals surface area (Å²) in [6, 6.07) is 17.6. The molecule has 0 bridgehead atoms. The van der Waals surface area contributed by atoms with E-state index in [1.54, 1.807) is 35.4 Å². The van der Waals surface area contributed by atoms with Crippen molar-refractivity contribution in [2.75, 3.05) is 17.6 Å². The number of nitrogens with zero attached hydrogens (tertiary/aromatic N) is 2. The summed E-state index contributed by atoms with van der Waals surface area (Å²) >= 11 is 3.57. The molecule has 3 aromatic carbocycles. The van der Waals surface area contributed by atoms with Gasteiger partial charge < -0.3 is 21.1 Å². The molecule has 1 unspecified atom stereocenters. The molecule has 1 aliphatic rings. The van der Waals surface area contributed by atoms with Gasteiger partial charge >= 0.3 is 5.97 Å². The number of aromatic carboxylic acids is 1. The molecule has 180 valence electrons. The molecule has 9 heteroatoms. The molecule has 1 atom stereocenters. The van der Waals surface area contributed by atoms with Gasteiger partial charge in [0, 0.05) is 33.9 Å². The monoisotopic (exact) mass is 544 g/mol. The molecule has 1 aliphatic heterocycles. The van der Waals surface area contributed by atoms with Gasteiger partial charge in [-0.15, -0.1) is 0 Å². The quantitative estimate of drug-likeness (QED) is 0.343. The first kappa shape index (κ1) is 23.5. The third-order valence-electron chi connectivity index (χ3n) is 6.31. The number of fused-ring (bicyclic) bond motifs is 2. The molecule has 0 aliphatic carbocycles. The van der Waals surface area contributed by atoms with Crippen molar-refractivity contribution in [3.8, 4) is 0 Å². The Kier molecular flexibility index (Phi) is 6.15. The number of halogens is 1. The fourth-order valence-electron chi connectivity index (χ4n) is 4.53. The Balaban J connectivity index is 1.51. The van der Waals surface area contributed by atoms with Gasteiger partial charge in [0.15, 0.2) is 0 Å². The molecule has 36 heavy (non-hydrogen) atoms. The zero-order valence-corrected chi connectivity index (χ0v) is 20.5. The number of pyridine rings is 1. The maximum Gasteiger partial charge on any atom is 0.335 e. The molecule has 4 N–H and O–H groups in total. The predicted molar refractivity (Wildman–Crippen MR) is 140 cm³/mol. The van der Waals surface area contributed by atoms with Gasteiger partial charge in [0.05, 0.1) is 5.56 Å². The van der Waals surface area contributed by atoms with E-state index < -0.39 is 12.0 Å². The average molecular weight is 545 g/mol. The number of nitrogen functional groups attached to an aromatic ring is 1. The summed E-state index contributed by atoms with van der Waals surface area (Å²) in [4.78, 5) is 44.2. The number of aromatic nitrogens is 1. The van der Waals surface area contributed by atoms with Gasteiger partial charge in [-0.1, -0.05) is 28.1 Å². The summed E-state index contributed by atoms with van der Waals surface area (Å²) < 4.78 is 0.879. The fourth-order valence-corrected chi connectivity index (χ4v) is 5.11. The van der Waals surface area contributed by atoms with Crippen LogP contribution in [0, 0.1) is 0 Å². The van der Waals surface area contributed by atoms with Crippen molar-refractivity contribution >= 4 is 56.0 Å². The van der Waals surface area contributed by atoms with Crippen LogP contribution in [0.5, 0.6) is 0 Å². The number of nitrogens with one attached hydrogen (secondary N) is 1. The van der Waals surface area contributed by atoms with Gasteiger partial charge in [-0.2, -0.15) is 0 Å². The van der Waals surface area contributed by atoms with Crippen LogP contribution >= 0.6 is 15.9 Å². The van der Waals surface area contributed by atoms with Crippen LogP contribution in [0.25, 0.3) is 10.8 Å². The highest BCUT2D eigenvalue weighted by molar-refractivity contribution is 9.10. The standard InChI is InChI=1S/C27H21BrN4O4/c28-22-3-1-2-21-20(22)11-13-32(23(21)25(33)31-18-7-4-15(5-8-18)27(35)36)26(34)17-6-9-19-16(14-17)10-12-30-24(19)29/h1-10,12,14,23H,11,13H2,(H2,29,30)(H,31,33)(H,35,36). The third-order valence-corrected chi connectivity index (χ3v) is 7.06. The molecule has 0 saturated heterocycles. The number of anilines is 2. The normalized spacial score (nSPS) is 14.8. The van der Waals surface area contributed by atoms with Gasteiger partial charge in [0.1, 0.15) is 11.9 Å². The third kappa shape index (κ3) is 4.29. The maximum absolute atomic E-state index is 13.7. The lowest BCUT2D eigenvalue weighted by Crippen LogP contribution is -2.45. The predicted octanol–water partition coefficient (Wildman–Crippen LogP) is 4.66. The zero-order valence-electron chi connectivity index (χ0n) is 18.9. The second kappa shape index (κ2) is 9.43. The number of benzene rings is 3. The van der Waals surface area contributed by atoms with E-state index in [-0.39, 0.29) is 17.4 Å². The summed E-state index contributed by atoms with van der Waals surface area (Å²) in [6.07, 6.45) is 2.18. The Hall–Kier alpha value is -4.24. The van der Waals surface area contributed by atoms with Crippen LogP contribution in [0.3, 0.4) is 0 Å². The number of nitrogens with two attached hydrogens (primary N) is 1. The van der Waals surface area contributed by atoms with Gasteiger partial charge in [-0.05, 0) is 77.5 Å². The van der Waals surface area contributed by atoms with Crippen LogP contribution < -0.4 is 11.1 Å². The molecule has 0 spiro atoms. The molecule has 0 saturated carbocycles. The molecule has 5 rings (SSSR count). The van der Waals surface area contributed by atoms with E-state index in [1.807, 2.05) is 18.2 Å². The number of rotatable bonds is 4. The van der Waals surface area contributed by atoms with Crippen molar-refractivity contribution < 1.29 is 19.5 Å². The number of carboxylic acids is 1. The molecule has 2 amide bonds. The fraction of sp³-hybridized carbons (Fsp3) is 0.111. The number of hydrogen-bond acceptors (Lipinski definition) is 5. The largest absolute Gasteiger partial charge is 0.478 e. The highest BCUT2D eigenvalue weighted by Crippen LogP contribution is 2.36. The van der Waals surface area contributed by atoms with E-state index in [4.69, 9.17) is 10.8 Å². The van der Waals surface area contributed by atoms with Crippen molar-refractivity contribution in [3.05, 3.63) is 99.7 Å². The summed E-state index contributed by atoms with van der Waals surface area (Å²) in [7, 11) is 0. The Morgan fingerprint density at radius 2 is 1.78 bits per heavy atom. The minimum atomic E-state index is -1.05. The minimum absolute atomic E-state index is 0.115. The van der Waals surface area contributed by atoms with Gasteiger partial charge in [-0.25, -0.2) is 9.78 Å². The Morgan fingerprint density at radius 1 is 1.03 bits per heavy atom. The molecule has 1 aromatic heterocycles. The molecule has 2 heterocycles. The SMILES string of the molecule is Nc1nccc2cc(C(=O)N3CCc4c(Br)cccc4C3C(=O)Nc3ccc(C(=O)O)cc3)ccc12. The molecule has 4 aromatic rings. The maximum atomic E-state index is 13.7. The second-order valence-corrected chi connectivity index (χ2v) is 9.32. The van der Waals surface area contributed by atoms with E-state index in [2.05, 4.69) is 26.2 Å². The summed E-state index contributed by atoms with van der Waals surface area (Å²) in [5, 5.41) is 13.5. The molecule has 0 fully saturated rings. The Morgan fingerprint density at radius 3 is 2.53 bits per heavy atom. The molecular formula is C27H21BrN4O4. The van der Waals surface area contributed by atoms with Crippen LogP contribution in [0.1, 0.15) is 37.9 Å². The smallest absolute Gasteiger partial charge is 0.335 e. The van der Waals surface area contributed by atoms with Crippen LogP contribution in [-0.2, 0) is 11.2 Å². The van der Waals surface area contributed by atoms with Crippen molar-refractivity contribution in [2.24, 2.45) is 0 Å². The lowest BCUT2D eigenvalue weighted by molar-refractivity contribution is -0.121. The highest BCUT2D eigenvalue weighted by atomic mass is 79.9. The highest BCUT2D eigenvalue weighted by Gasteiger charge is 2.37. The molecule has 8 nitrogen and oxygen atoms in total. The van der Waals surface area contributed by atoms with Crippen LogP contribution in [0.15, 0.2) is 77.4 Å². The van der Waals surface area contributed by atoms with E-state index in [0.717, 1.165) is 26.4 Å². The number of carbonyl (C=O) groups is 3. The average Bonchev–Trinajstić information content (AvgIpc) is 2.88. The first-order valence-electron chi connectivity index (χ1n) is 11.2. The Labute approximate surface area is 214 Å². The van der Waals surface area contributed by atoms with Gasteiger partial charge in [-0.3, -0.25) is 9.59 Å². The van der Waals surface area contributed by atoms with Crippen LogP contribution in [0.4, 0.5) is 11.5 Å². The van der Waals surface area contributed by atoms with E-state index >= 15 is 0 Å². The minimum Gasteiger partial charge on any atom is -0.478 e. The number of amides is 2. The molecular weight excluding hydrogens is 524 g/mol. The van der Waals surface area contributed by atoms with E-state index in [0.29, 0.717) is 30.0 Å². The zero-order chi connectivity index (χ0) is 25.4. The van der Waals surface area contributed by atoms with Gasteiger partial charge in [0.25, 0.3) is 11.8 Å². The van der Waals surface area contributed by atoms with Crippen LogP contribution in [0.2, 0.25) is 0 Å². The van der Waals surface area contributed by atoms with E-state index in [9.17, 15) is 14.4 Å². The van der Waals surface area contributed by atoms with Crippen LogP contribution in [-0.4, -0.2) is 39.3 Å². The first-order chi connectivity index (χ1) is 17.3. The van der Waals surface area contributed by atoms with Gasteiger partial charge in [0.2, 0.25) is 0 Å². The Bertz CT molecular complexity index is 1520. The summed E-state index contributed by atoms with van der Waals surface area (Å²) in [5.41, 5.74) is 8.66. The number of hydrogen-bond donors (Lipinski definition) is 3. The lowest BCUT2D eigenvalue weighted by atomic mass is 9.91. The van der Waals surface area contributed by atoms with Crippen molar-refractivity contribution in [3.63, 3.8) is 0 Å². The number of carbonyl (C=O) groups excluding carboxylic acids is 2. The molecule has 0 radical (unpaired) electrons. The van der Waals surface area contributed by atoms with Crippen molar-refractivity contribution in [1.82, 2.24) is 9.88 Å². The lowest BCUT2D eigenvalue weighted by Gasteiger charge is -2.37. The van der Waals surface area contributed by atoms with Crippen molar-refractivity contribution in [2.45, 2.75) is 12.5 Å². The van der Waals surface area contributed by atoms with Crippen molar-refractivity contribution in [1.29, 1.82) is 0 Å². The number of carboxylic acid groups (broad SMARTS) is 1. The summed E-state index contributed by atoms with van der Waals surface area (Å²) in [5.74, 6) is -1.34. The second-order valence-electron chi connectivity index (χ2n) is 8.46. The topological polar surface area (TPSA) is 126 Å². The first-order valence-corrected chi connectivity index (χ1v) is 12.0. The van der Waals surface area contributed by atoms with E-state index in [1.165, 1.54) is 24.3 Å².